The first-order valence-electron chi connectivity index (χ1n) is 6.85. The van der Waals surface area contributed by atoms with Gasteiger partial charge in [-0.2, -0.15) is 0 Å². The van der Waals surface area contributed by atoms with Gasteiger partial charge in [0.15, 0.2) is 0 Å². The third kappa shape index (κ3) is 4.80. The summed E-state index contributed by atoms with van der Waals surface area (Å²) in [5, 5.41) is 9.19. The van der Waals surface area contributed by atoms with Gasteiger partial charge in [0.05, 0.1) is 13.2 Å². The average Bonchev–Trinajstić information content (AvgIpc) is 2.93. The maximum Gasteiger partial charge on any atom is 0.0558 e. The van der Waals surface area contributed by atoms with Crippen molar-refractivity contribution in [3.8, 4) is 0 Å². The number of rotatable bonds is 7. The van der Waals surface area contributed by atoms with E-state index in [0.717, 1.165) is 39.3 Å². The minimum Gasteiger partial charge on any atom is -0.395 e. The zero-order valence-corrected chi connectivity index (χ0v) is 12.4. The highest BCUT2D eigenvalue weighted by Crippen LogP contribution is 2.18. The van der Waals surface area contributed by atoms with Crippen LogP contribution in [0.1, 0.15) is 12.0 Å². The second-order valence-corrected chi connectivity index (χ2v) is 5.92. The molecule has 0 spiro atoms. The predicted molar refractivity (Wildman–Crippen MR) is 79.5 cm³/mol. The summed E-state index contributed by atoms with van der Waals surface area (Å²) in [6.07, 6.45) is 3.24. The monoisotopic (exact) mass is 281 g/mol. The summed E-state index contributed by atoms with van der Waals surface area (Å²) in [5.74, 6) is 0.622. The molecule has 3 nitrogen and oxygen atoms in total. The summed E-state index contributed by atoms with van der Waals surface area (Å²) in [7, 11) is 0. The number of aliphatic hydroxyl groups is 1. The molecule has 0 unspecified atom stereocenters. The lowest BCUT2D eigenvalue weighted by molar-refractivity contribution is 0.147. The number of aliphatic hydroxyl groups excluding tert-OH is 1. The van der Waals surface area contributed by atoms with Crippen molar-refractivity contribution in [2.24, 2.45) is 5.92 Å². The van der Waals surface area contributed by atoms with Gasteiger partial charge in [-0.25, -0.2) is 0 Å². The third-order valence-electron chi connectivity index (χ3n) is 3.52. The standard InChI is InChI=1S/C15H23NO2S/c1-19-15-4-2-13(3-5-15)10-16(7-8-17)11-14-6-9-18-12-14/h2-5,14,17H,6-12H2,1H3/t14-/m0/s1. The number of thioether (sulfide) groups is 1. The molecule has 1 N–H and O–H groups in total. The summed E-state index contributed by atoms with van der Waals surface area (Å²) in [6, 6.07) is 8.69. The Bertz CT molecular complexity index is 363. The number of nitrogens with zero attached hydrogens (tertiary/aromatic N) is 1. The minimum absolute atomic E-state index is 0.219. The zero-order valence-electron chi connectivity index (χ0n) is 11.5. The lowest BCUT2D eigenvalue weighted by Crippen LogP contribution is -2.32. The summed E-state index contributed by atoms with van der Waals surface area (Å²) in [5.41, 5.74) is 1.31. The fraction of sp³-hybridized carbons (Fsp3) is 0.600. The van der Waals surface area contributed by atoms with Gasteiger partial charge in [0.1, 0.15) is 0 Å². The molecule has 1 atom stereocenters. The van der Waals surface area contributed by atoms with Crippen molar-refractivity contribution in [1.29, 1.82) is 0 Å². The summed E-state index contributed by atoms with van der Waals surface area (Å²) in [4.78, 5) is 3.62. The first-order chi connectivity index (χ1) is 9.31. The molecule has 1 saturated heterocycles. The molecule has 1 aliphatic heterocycles. The molecule has 1 aromatic rings. The minimum atomic E-state index is 0.219. The topological polar surface area (TPSA) is 32.7 Å². The Balaban J connectivity index is 1.90. The third-order valence-corrected chi connectivity index (χ3v) is 4.27. The molecule has 0 aromatic heterocycles. The first-order valence-corrected chi connectivity index (χ1v) is 8.08. The Morgan fingerprint density at radius 2 is 2.16 bits per heavy atom. The molecule has 0 amide bonds. The van der Waals surface area contributed by atoms with Crippen molar-refractivity contribution < 1.29 is 9.84 Å². The maximum atomic E-state index is 9.19. The quantitative estimate of drug-likeness (QED) is 0.777. The van der Waals surface area contributed by atoms with Crippen molar-refractivity contribution >= 4 is 11.8 Å². The van der Waals surface area contributed by atoms with Crippen LogP contribution in [0.3, 0.4) is 0 Å². The van der Waals surface area contributed by atoms with Crippen molar-refractivity contribution in [2.45, 2.75) is 17.9 Å². The summed E-state index contributed by atoms with van der Waals surface area (Å²) in [6.45, 7) is 4.64. The van der Waals surface area contributed by atoms with E-state index in [1.807, 2.05) is 0 Å². The van der Waals surface area contributed by atoms with E-state index >= 15 is 0 Å². The van der Waals surface area contributed by atoms with Crippen molar-refractivity contribution in [1.82, 2.24) is 4.90 Å². The van der Waals surface area contributed by atoms with E-state index in [0.29, 0.717) is 5.92 Å². The van der Waals surface area contributed by atoms with Gasteiger partial charge in [0, 0.05) is 31.1 Å². The average molecular weight is 281 g/mol. The molecule has 2 rings (SSSR count). The molecular weight excluding hydrogens is 258 g/mol. The van der Waals surface area contributed by atoms with Crippen LogP contribution in [0.2, 0.25) is 0 Å². The van der Waals surface area contributed by atoms with Gasteiger partial charge in [-0.1, -0.05) is 12.1 Å². The van der Waals surface area contributed by atoms with E-state index in [1.165, 1.54) is 10.5 Å². The van der Waals surface area contributed by atoms with Crippen LogP contribution in [-0.4, -0.2) is 49.2 Å². The molecular formula is C15H23NO2S. The van der Waals surface area contributed by atoms with Crippen LogP contribution in [-0.2, 0) is 11.3 Å². The van der Waals surface area contributed by atoms with Crippen molar-refractivity contribution in [2.75, 3.05) is 39.2 Å². The molecule has 0 radical (unpaired) electrons. The van der Waals surface area contributed by atoms with E-state index < -0.39 is 0 Å². The van der Waals surface area contributed by atoms with Gasteiger partial charge in [0.25, 0.3) is 0 Å². The number of benzene rings is 1. The van der Waals surface area contributed by atoms with Crippen LogP contribution in [0.5, 0.6) is 0 Å². The highest BCUT2D eigenvalue weighted by molar-refractivity contribution is 7.98. The van der Waals surface area contributed by atoms with Crippen LogP contribution in [0.15, 0.2) is 29.2 Å². The highest BCUT2D eigenvalue weighted by atomic mass is 32.2. The second kappa shape index (κ2) is 7.90. The molecule has 0 bridgehead atoms. The fourth-order valence-electron chi connectivity index (χ4n) is 2.46. The van der Waals surface area contributed by atoms with Crippen molar-refractivity contribution in [3.05, 3.63) is 29.8 Å². The zero-order chi connectivity index (χ0) is 13.5. The van der Waals surface area contributed by atoms with E-state index in [-0.39, 0.29) is 6.61 Å². The van der Waals surface area contributed by atoms with Crippen LogP contribution in [0, 0.1) is 5.92 Å². The first kappa shape index (κ1) is 14.9. The molecule has 106 valence electrons. The van der Waals surface area contributed by atoms with Gasteiger partial charge in [-0.15, -0.1) is 11.8 Å². The number of hydrogen-bond acceptors (Lipinski definition) is 4. The molecule has 0 aliphatic carbocycles. The lowest BCUT2D eigenvalue weighted by Gasteiger charge is -2.24. The van der Waals surface area contributed by atoms with Gasteiger partial charge in [-0.05, 0) is 36.3 Å². The molecule has 1 heterocycles. The Morgan fingerprint density at radius 1 is 1.37 bits per heavy atom. The molecule has 19 heavy (non-hydrogen) atoms. The normalized spacial score (nSPS) is 19.2. The predicted octanol–water partition coefficient (Wildman–Crippen LogP) is 2.24. The summed E-state index contributed by atoms with van der Waals surface area (Å²) < 4.78 is 5.42. The maximum absolute atomic E-state index is 9.19. The largest absolute Gasteiger partial charge is 0.395 e. The Labute approximate surface area is 120 Å². The summed E-state index contributed by atoms with van der Waals surface area (Å²) >= 11 is 1.76. The smallest absolute Gasteiger partial charge is 0.0558 e. The van der Waals surface area contributed by atoms with Crippen LogP contribution in [0.25, 0.3) is 0 Å². The van der Waals surface area contributed by atoms with E-state index in [1.54, 1.807) is 11.8 Å². The number of hydrogen-bond donors (Lipinski definition) is 1. The highest BCUT2D eigenvalue weighted by Gasteiger charge is 2.19. The number of ether oxygens (including phenoxy) is 1. The van der Waals surface area contributed by atoms with E-state index in [2.05, 4.69) is 35.4 Å². The second-order valence-electron chi connectivity index (χ2n) is 5.04. The van der Waals surface area contributed by atoms with Crippen LogP contribution >= 0.6 is 11.8 Å². The molecule has 1 fully saturated rings. The Hall–Kier alpha value is -0.550. The molecule has 1 aromatic carbocycles. The molecule has 4 heteroatoms. The molecule has 1 aliphatic rings. The Morgan fingerprint density at radius 3 is 2.74 bits per heavy atom. The molecule has 0 saturated carbocycles. The van der Waals surface area contributed by atoms with E-state index in [4.69, 9.17) is 4.74 Å². The van der Waals surface area contributed by atoms with Gasteiger partial charge in [-0.3, -0.25) is 4.90 Å². The van der Waals surface area contributed by atoms with E-state index in [9.17, 15) is 5.11 Å². The van der Waals surface area contributed by atoms with Gasteiger partial charge < -0.3 is 9.84 Å². The van der Waals surface area contributed by atoms with Crippen LogP contribution in [0.4, 0.5) is 0 Å². The lowest BCUT2D eigenvalue weighted by atomic mass is 10.1. The van der Waals surface area contributed by atoms with Gasteiger partial charge >= 0.3 is 0 Å². The van der Waals surface area contributed by atoms with Crippen molar-refractivity contribution in [3.63, 3.8) is 0 Å². The SMILES string of the molecule is CSc1ccc(CN(CCO)C[C@@H]2CCOC2)cc1. The van der Waals surface area contributed by atoms with Gasteiger partial charge in [0.2, 0.25) is 0 Å². The Kier molecular flexibility index (Phi) is 6.17. The van der Waals surface area contributed by atoms with Crippen LogP contribution < -0.4 is 0 Å². The fourth-order valence-corrected chi connectivity index (χ4v) is 2.87.